The summed E-state index contributed by atoms with van der Waals surface area (Å²) >= 11 is 1.74. The summed E-state index contributed by atoms with van der Waals surface area (Å²) in [5, 5.41) is 6.35. The van der Waals surface area contributed by atoms with Gasteiger partial charge in [-0.1, -0.05) is 12.1 Å². The Bertz CT molecular complexity index is 450. The highest BCUT2D eigenvalue weighted by atomic mass is 32.2. The molecule has 1 saturated carbocycles. The molecule has 1 aliphatic rings. The van der Waals surface area contributed by atoms with Crippen molar-refractivity contribution < 1.29 is 9.53 Å². The predicted octanol–water partition coefficient (Wildman–Crippen LogP) is 2.18. The van der Waals surface area contributed by atoms with E-state index >= 15 is 0 Å². The van der Waals surface area contributed by atoms with Crippen LogP contribution < -0.4 is 10.6 Å². The van der Waals surface area contributed by atoms with Gasteiger partial charge in [0.25, 0.3) is 0 Å². The minimum Gasteiger partial charge on any atom is -0.383 e. The first-order valence-electron chi connectivity index (χ1n) is 7.48. The zero-order valence-electron chi connectivity index (χ0n) is 12.6. The van der Waals surface area contributed by atoms with Gasteiger partial charge < -0.3 is 15.4 Å². The summed E-state index contributed by atoms with van der Waals surface area (Å²) in [6.45, 7) is 2.43. The van der Waals surface area contributed by atoms with Crippen LogP contribution in [0, 0.1) is 0 Å². The molecule has 1 amide bonds. The number of carbonyl (C=O) groups is 1. The Labute approximate surface area is 131 Å². The lowest BCUT2D eigenvalue weighted by atomic mass is 10.2. The molecule has 21 heavy (non-hydrogen) atoms. The lowest BCUT2D eigenvalue weighted by Gasteiger charge is -2.07. The Morgan fingerprint density at radius 2 is 2.29 bits per heavy atom. The van der Waals surface area contributed by atoms with E-state index in [9.17, 15) is 4.79 Å². The smallest absolute Gasteiger partial charge is 0.221 e. The van der Waals surface area contributed by atoms with Crippen LogP contribution in [0.1, 0.15) is 24.8 Å². The SMILES string of the molecule is COCCNCc1cccc(SCCC(=O)NC2CC2)c1. The number of ether oxygens (including phenoxy) is 1. The van der Waals surface area contributed by atoms with Gasteiger partial charge in [-0.2, -0.15) is 0 Å². The summed E-state index contributed by atoms with van der Waals surface area (Å²) in [4.78, 5) is 12.8. The van der Waals surface area contributed by atoms with Gasteiger partial charge >= 0.3 is 0 Å². The Kier molecular flexibility index (Phi) is 7.06. The molecule has 2 N–H and O–H groups in total. The third kappa shape index (κ3) is 6.98. The summed E-state index contributed by atoms with van der Waals surface area (Å²) in [6.07, 6.45) is 2.89. The lowest BCUT2D eigenvalue weighted by Crippen LogP contribution is -2.25. The van der Waals surface area contributed by atoms with Gasteiger partial charge in [-0.05, 0) is 30.5 Å². The second-order valence-electron chi connectivity index (χ2n) is 5.26. The average molecular weight is 308 g/mol. The zero-order chi connectivity index (χ0) is 14.9. The Hall–Kier alpha value is -1.04. The van der Waals surface area contributed by atoms with Gasteiger partial charge in [-0.3, -0.25) is 4.79 Å². The number of nitrogens with one attached hydrogen (secondary N) is 2. The van der Waals surface area contributed by atoms with Crippen LogP contribution in [-0.2, 0) is 16.1 Å². The molecule has 5 heteroatoms. The molecule has 0 atom stereocenters. The topological polar surface area (TPSA) is 50.4 Å². The minimum atomic E-state index is 0.183. The second-order valence-corrected chi connectivity index (χ2v) is 6.43. The molecule has 4 nitrogen and oxygen atoms in total. The van der Waals surface area contributed by atoms with Crippen LogP contribution in [0.5, 0.6) is 0 Å². The van der Waals surface area contributed by atoms with E-state index < -0.39 is 0 Å². The van der Waals surface area contributed by atoms with Crippen molar-refractivity contribution in [3.63, 3.8) is 0 Å². The van der Waals surface area contributed by atoms with Crippen molar-refractivity contribution in [2.24, 2.45) is 0 Å². The molecule has 0 saturated heterocycles. The molecule has 1 aromatic carbocycles. The Balaban J connectivity index is 1.66. The summed E-state index contributed by atoms with van der Waals surface area (Å²) < 4.78 is 5.01. The fraction of sp³-hybridized carbons (Fsp3) is 0.562. The van der Waals surface area contributed by atoms with Crippen molar-refractivity contribution in [1.29, 1.82) is 0 Å². The maximum absolute atomic E-state index is 11.6. The maximum Gasteiger partial charge on any atom is 0.221 e. The van der Waals surface area contributed by atoms with Gasteiger partial charge in [-0.25, -0.2) is 0 Å². The van der Waals surface area contributed by atoms with Crippen LogP contribution in [-0.4, -0.2) is 38.0 Å². The number of thioether (sulfide) groups is 1. The molecule has 0 radical (unpaired) electrons. The van der Waals surface area contributed by atoms with Gasteiger partial charge in [0, 0.05) is 43.3 Å². The number of carbonyl (C=O) groups excluding carboxylic acids is 1. The van der Waals surface area contributed by atoms with Crippen LogP contribution in [0.4, 0.5) is 0 Å². The molecular weight excluding hydrogens is 284 g/mol. The summed E-state index contributed by atoms with van der Waals surface area (Å²) in [7, 11) is 1.71. The van der Waals surface area contributed by atoms with Gasteiger partial charge in [0.05, 0.1) is 6.61 Å². The van der Waals surface area contributed by atoms with Crippen LogP contribution in [0.3, 0.4) is 0 Å². The van der Waals surface area contributed by atoms with E-state index in [1.165, 1.54) is 10.5 Å². The molecule has 116 valence electrons. The number of hydrogen-bond acceptors (Lipinski definition) is 4. The quantitative estimate of drug-likeness (QED) is 0.514. The highest BCUT2D eigenvalue weighted by Crippen LogP contribution is 2.21. The highest BCUT2D eigenvalue weighted by molar-refractivity contribution is 7.99. The molecular formula is C16H24N2O2S. The normalized spacial score (nSPS) is 14.1. The lowest BCUT2D eigenvalue weighted by molar-refractivity contribution is -0.120. The van der Waals surface area contributed by atoms with Gasteiger partial charge in [0.2, 0.25) is 5.91 Å². The molecule has 0 heterocycles. The number of amides is 1. The molecule has 1 fully saturated rings. The number of methoxy groups -OCH3 is 1. The first kappa shape index (κ1) is 16.3. The van der Waals surface area contributed by atoms with Crippen molar-refractivity contribution >= 4 is 17.7 Å². The maximum atomic E-state index is 11.6. The van der Waals surface area contributed by atoms with Crippen molar-refractivity contribution in [2.45, 2.75) is 36.7 Å². The van der Waals surface area contributed by atoms with E-state index in [0.29, 0.717) is 12.5 Å². The molecule has 1 aliphatic carbocycles. The summed E-state index contributed by atoms with van der Waals surface area (Å²) in [5.74, 6) is 1.02. The van der Waals surface area contributed by atoms with E-state index in [1.807, 2.05) is 0 Å². The summed E-state index contributed by atoms with van der Waals surface area (Å²) in [5.41, 5.74) is 1.26. The third-order valence-corrected chi connectivity index (χ3v) is 4.25. The van der Waals surface area contributed by atoms with Gasteiger partial charge in [-0.15, -0.1) is 11.8 Å². The molecule has 0 aliphatic heterocycles. The van der Waals surface area contributed by atoms with Gasteiger partial charge in [0.15, 0.2) is 0 Å². The van der Waals surface area contributed by atoms with Crippen LogP contribution >= 0.6 is 11.8 Å². The van der Waals surface area contributed by atoms with E-state index in [-0.39, 0.29) is 5.91 Å². The van der Waals surface area contributed by atoms with Crippen molar-refractivity contribution in [2.75, 3.05) is 26.0 Å². The number of hydrogen-bond donors (Lipinski definition) is 2. The van der Waals surface area contributed by atoms with E-state index in [4.69, 9.17) is 4.74 Å². The van der Waals surface area contributed by atoms with Crippen molar-refractivity contribution in [3.8, 4) is 0 Å². The van der Waals surface area contributed by atoms with Crippen molar-refractivity contribution in [3.05, 3.63) is 29.8 Å². The van der Waals surface area contributed by atoms with E-state index in [0.717, 1.165) is 38.3 Å². The minimum absolute atomic E-state index is 0.183. The van der Waals surface area contributed by atoms with Crippen LogP contribution in [0.25, 0.3) is 0 Å². The first-order valence-corrected chi connectivity index (χ1v) is 8.47. The average Bonchev–Trinajstić information content (AvgIpc) is 3.28. The monoisotopic (exact) mass is 308 g/mol. The fourth-order valence-corrected chi connectivity index (χ4v) is 2.87. The molecule has 2 rings (SSSR count). The van der Waals surface area contributed by atoms with Crippen molar-refractivity contribution in [1.82, 2.24) is 10.6 Å². The van der Waals surface area contributed by atoms with E-state index in [2.05, 4.69) is 34.9 Å². The second kappa shape index (κ2) is 9.07. The Morgan fingerprint density at radius 1 is 1.43 bits per heavy atom. The van der Waals surface area contributed by atoms with Crippen LogP contribution in [0.15, 0.2) is 29.2 Å². The largest absolute Gasteiger partial charge is 0.383 e. The Morgan fingerprint density at radius 3 is 3.05 bits per heavy atom. The number of benzene rings is 1. The standard InChI is InChI=1S/C16H24N2O2S/c1-20-9-8-17-12-13-3-2-4-15(11-13)21-10-7-16(19)18-14-5-6-14/h2-4,11,14,17H,5-10,12H2,1H3,(H,18,19). The molecule has 0 bridgehead atoms. The van der Waals surface area contributed by atoms with Crippen LogP contribution in [0.2, 0.25) is 0 Å². The fourth-order valence-electron chi connectivity index (χ4n) is 1.94. The van der Waals surface area contributed by atoms with Gasteiger partial charge in [0.1, 0.15) is 0 Å². The molecule has 0 spiro atoms. The highest BCUT2D eigenvalue weighted by Gasteiger charge is 2.22. The first-order chi connectivity index (χ1) is 10.3. The molecule has 1 aromatic rings. The summed E-state index contributed by atoms with van der Waals surface area (Å²) in [6, 6.07) is 8.93. The van der Waals surface area contributed by atoms with E-state index in [1.54, 1.807) is 18.9 Å². The molecule has 0 aromatic heterocycles. The molecule has 0 unspecified atom stereocenters. The predicted molar refractivity (Wildman–Crippen MR) is 86.5 cm³/mol. The zero-order valence-corrected chi connectivity index (χ0v) is 13.4. The number of rotatable bonds is 10. The third-order valence-electron chi connectivity index (χ3n) is 3.25.